The van der Waals surface area contributed by atoms with Crippen LogP contribution in [0.3, 0.4) is 0 Å². The number of guanidine groups is 2. The summed E-state index contributed by atoms with van der Waals surface area (Å²) in [7, 11) is 0. The number of amides is 3. The molecule has 5 fully saturated rings. The van der Waals surface area contributed by atoms with E-state index in [2.05, 4.69) is 16.0 Å². The van der Waals surface area contributed by atoms with Gasteiger partial charge in [0.15, 0.2) is 23.7 Å². The van der Waals surface area contributed by atoms with E-state index in [1.165, 1.54) is 0 Å². The van der Waals surface area contributed by atoms with E-state index < -0.39 is 36.0 Å². The van der Waals surface area contributed by atoms with Crippen LogP contribution in [0.25, 0.3) is 0 Å². The molecule has 5 rings (SSSR count). The molecule has 13 heteroatoms. The third kappa shape index (κ3) is 2.90. The molecule has 0 aromatic carbocycles. The van der Waals surface area contributed by atoms with E-state index in [-0.39, 0.29) is 49.7 Å². The third-order valence-electron chi connectivity index (χ3n) is 6.86. The lowest BCUT2D eigenvalue weighted by molar-refractivity contribution is -0.139. The molecule has 0 aliphatic carbocycles. The molecular formula is C18H26N8O5. The highest BCUT2D eigenvalue weighted by molar-refractivity contribution is 6.02. The van der Waals surface area contributed by atoms with Crippen molar-refractivity contribution in [2.45, 2.75) is 55.6 Å². The van der Waals surface area contributed by atoms with Gasteiger partial charge in [0.05, 0.1) is 25.2 Å². The van der Waals surface area contributed by atoms with E-state index in [0.717, 1.165) is 17.7 Å². The molecule has 0 saturated carbocycles. The summed E-state index contributed by atoms with van der Waals surface area (Å²) in [5.41, 5.74) is -1.31. The molecule has 31 heavy (non-hydrogen) atoms. The summed E-state index contributed by atoms with van der Waals surface area (Å²) >= 11 is 0. The second-order valence-corrected chi connectivity index (χ2v) is 8.62. The lowest BCUT2D eigenvalue weighted by Gasteiger charge is -2.49. The molecule has 0 radical (unpaired) electrons. The number of rotatable bonds is 3. The zero-order valence-electron chi connectivity index (χ0n) is 16.9. The maximum atomic E-state index is 12.5. The summed E-state index contributed by atoms with van der Waals surface area (Å²) in [5.74, 6) is -0.648. The molecule has 0 bridgehead atoms. The molecule has 5 saturated heterocycles. The van der Waals surface area contributed by atoms with E-state index in [9.17, 15) is 19.5 Å². The minimum atomic E-state index is -1.31. The quantitative estimate of drug-likeness (QED) is 0.263. The van der Waals surface area contributed by atoms with Crippen LogP contribution >= 0.6 is 0 Å². The normalized spacial score (nSPS) is 36.9. The fourth-order valence-corrected chi connectivity index (χ4v) is 5.35. The van der Waals surface area contributed by atoms with Crippen LogP contribution < -0.4 is 16.0 Å². The number of carbonyl (C=O) groups excluding carboxylic acids is 3. The number of aliphatic hydroxyl groups excluding tert-OH is 1. The minimum Gasteiger partial charge on any atom is -0.441 e. The van der Waals surface area contributed by atoms with Gasteiger partial charge in [-0.15, -0.1) is 0 Å². The van der Waals surface area contributed by atoms with Gasteiger partial charge in [-0.2, -0.15) is 0 Å². The maximum absolute atomic E-state index is 12.5. The molecule has 13 nitrogen and oxygen atoms in total. The smallest absolute Gasteiger partial charge is 0.410 e. The van der Waals surface area contributed by atoms with E-state index in [4.69, 9.17) is 15.6 Å². The monoisotopic (exact) mass is 434 g/mol. The lowest BCUT2D eigenvalue weighted by Crippen LogP contribution is -2.78. The van der Waals surface area contributed by atoms with Crippen molar-refractivity contribution in [3.63, 3.8) is 0 Å². The van der Waals surface area contributed by atoms with Gasteiger partial charge in [0.2, 0.25) is 11.8 Å². The number of aliphatic hydroxyl groups is 1. The van der Waals surface area contributed by atoms with Crippen LogP contribution in [-0.2, 0) is 14.3 Å². The SMILES string of the molecule is N=C1NC2C(CN3C(=O)CCC3=O)NC(=N)N3C[C@H](OC(=O)N4CCCC4)C(O)C23N1. The predicted molar refractivity (Wildman–Crippen MR) is 105 cm³/mol. The summed E-state index contributed by atoms with van der Waals surface area (Å²) < 4.78 is 5.60. The van der Waals surface area contributed by atoms with Gasteiger partial charge in [0, 0.05) is 25.9 Å². The molecule has 0 aromatic heterocycles. The number of imide groups is 1. The summed E-state index contributed by atoms with van der Waals surface area (Å²) in [5, 5.41) is 36.7. The van der Waals surface area contributed by atoms with Gasteiger partial charge in [-0.1, -0.05) is 0 Å². The van der Waals surface area contributed by atoms with Crippen LogP contribution in [0.2, 0.25) is 0 Å². The molecular weight excluding hydrogens is 408 g/mol. The number of hydrogen-bond donors (Lipinski definition) is 6. The van der Waals surface area contributed by atoms with Crippen molar-refractivity contribution in [3.8, 4) is 0 Å². The Balaban J connectivity index is 1.40. The highest BCUT2D eigenvalue weighted by Gasteiger charge is 2.67. The van der Waals surface area contributed by atoms with Crippen LogP contribution in [0.15, 0.2) is 0 Å². The standard InChI is InChI=1S/C18H26N8O5/c19-15-22-13-9(7-25-11(27)3-4-12(25)28)21-16(20)26-8-10(14(29)18(13,26)23-15)31-17(30)24-5-1-2-6-24/h9-10,13-14,29H,1-8H2,(H2,20,21)(H3,19,22,23)/t9?,10-,13?,14?,18?/m0/s1. The summed E-state index contributed by atoms with van der Waals surface area (Å²) in [6.45, 7) is 1.30. The first-order chi connectivity index (χ1) is 14.8. The lowest BCUT2D eigenvalue weighted by atomic mass is 9.87. The number of carbonyl (C=O) groups is 3. The van der Waals surface area contributed by atoms with Crippen molar-refractivity contribution in [2.75, 3.05) is 26.2 Å². The van der Waals surface area contributed by atoms with Gasteiger partial charge in [-0.25, -0.2) is 4.79 Å². The second kappa shape index (κ2) is 6.97. The first-order valence-corrected chi connectivity index (χ1v) is 10.5. The fourth-order valence-electron chi connectivity index (χ4n) is 5.35. The van der Waals surface area contributed by atoms with Crippen LogP contribution in [-0.4, -0.2) is 106 Å². The predicted octanol–water partition coefficient (Wildman–Crippen LogP) is -2.49. The van der Waals surface area contributed by atoms with E-state index in [1.807, 2.05) is 0 Å². The van der Waals surface area contributed by atoms with Crippen molar-refractivity contribution >= 4 is 29.8 Å². The Labute approximate surface area is 178 Å². The van der Waals surface area contributed by atoms with Crippen LogP contribution in [0.5, 0.6) is 0 Å². The number of likely N-dealkylation sites (tertiary alicyclic amines) is 2. The molecule has 5 aliphatic rings. The first kappa shape index (κ1) is 19.8. The highest BCUT2D eigenvalue weighted by Crippen LogP contribution is 2.39. The summed E-state index contributed by atoms with van der Waals surface area (Å²) in [4.78, 5) is 41.0. The van der Waals surface area contributed by atoms with Gasteiger partial charge in [-0.05, 0) is 12.8 Å². The molecule has 3 amide bonds. The Kier molecular flexibility index (Phi) is 4.46. The van der Waals surface area contributed by atoms with Crippen molar-refractivity contribution in [3.05, 3.63) is 0 Å². The van der Waals surface area contributed by atoms with Gasteiger partial charge in [0.1, 0.15) is 6.10 Å². The van der Waals surface area contributed by atoms with E-state index >= 15 is 0 Å². The Morgan fingerprint density at radius 1 is 1.16 bits per heavy atom. The van der Waals surface area contributed by atoms with Gasteiger partial charge in [-0.3, -0.25) is 25.3 Å². The third-order valence-corrected chi connectivity index (χ3v) is 6.86. The fraction of sp³-hybridized carbons (Fsp3) is 0.722. The highest BCUT2D eigenvalue weighted by atomic mass is 16.6. The maximum Gasteiger partial charge on any atom is 0.410 e. The molecule has 168 valence electrons. The number of nitrogens with zero attached hydrogens (tertiary/aromatic N) is 3. The van der Waals surface area contributed by atoms with Crippen LogP contribution in [0.1, 0.15) is 25.7 Å². The Hall–Kier alpha value is -3.09. The molecule has 5 atom stereocenters. The van der Waals surface area contributed by atoms with Gasteiger partial charge >= 0.3 is 6.09 Å². The van der Waals surface area contributed by atoms with Crippen LogP contribution in [0.4, 0.5) is 4.79 Å². The Morgan fingerprint density at radius 2 is 1.84 bits per heavy atom. The van der Waals surface area contributed by atoms with Gasteiger partial charge in [0.25, 0.3) is 0 Å². The van der Waals surface area contributed by atoms with E-state index in [1.54, 1.807) is 9.80 Å². The number of hydrogen-bond acceptors (Lipinski definition) is 7. The Morgan fingerprint density at radius 3 is 2.52 bits per heavy atom. The van der Waals surface area contributed by atoms with Crippen LogP contribution in [0, 0.1) is 10.8 Å². The average molecular weight is 434 g/mol. The molecule has 6 N–H and O–H groups in total. The van der Waals surface area contributed by atoms with Crippen molar-refractivity contribution in [1.29, 1.82) is 10.8 Å². The summed E-state index contributed by atoms with van der Waals surface area (Å²) in [6, 6.07) is -1.27. The molecule has 5 aliphatic heterocycles. The molecule has 0 aromatic rings. The van der Waals surface area contributed by atoms with Crippen molar-refractivity contribution in [1.82, 2.24) is 30.7 Å². The number of nitrogens with one attached hydrogen (secondary N) is 5. The largest absolute Gasteiger partial charge is 0.441 e. The molecule has 4 unspecified atom stereocenters. The molecule has 1 spiro atoms. The molecule has 5 heterocycles. The zero-order chi connectivity index (χ0) is 21.9. The second-order valence-electron chi connectivity index (χ2n) is 8.62. The number of ether oxygens (including phenoxy) is 1. The zero-order valence-corrected chi connectivity index (χ0v) is 16.9. The Bertz CT molecular complexity index is 844. The topological polar surface area (TPSA) is 174 Å². The average Bonchev–Trinajstić information content (AvgIpc) is 3.49. The first-order valence-electron chi connectivity index (χ1n) is 10.5. The van der Waals surface area contributed by atoms with Crippen molar-refractivity contribution < 1.29 is 24.2 Å². The van der Waals surface area contributed by atoms with Crippen molar-refractivity contribution in [2.24, 2.45) is 0 Å². The van der Waals surface area contributed by atoms with E-state index in [0.29, 0.717) is 13.1 Å². The minimum absolute atomic E-state index is 0.00716. The van der Waals surface area contributed by atoms with Gasteiger partial charge < -0.3 is 35.6 Å². The summed E-state index contributed by atoms with van der Waals surface area (Å²) in [6.07, 6.45) is -0.519.